The third-order valence-corrected chi connectivity index (χ3v) is 5.41. The lowest BCUT2D eigenvalue weighted by molar-refractivity contribution is 0.0505. The Kier molecular flexibility index (Phi) is 6.31. The molecule has 0 bridgehead atoms. The van der Waals surface area contributed by atoms with Crippen LogP contribution < -0.4 is 10.6 Å². The van der Waals surface area contributed by atoms with E-state index in [9.17, 15) is 9.59 Å². The van der Waals surface area contributed by atoms with Crippen molar-refractivity contribution in [2.45, 2.75) is 31.7 Å². The Balaban J connectivity index is 1.59. The van der Waals surface area contributed by atoms with Crippen LogP contribution in [0.15, 0.2) is 48.5 Å². The van der Waals surface area contributed by atoms with E-state index in [1.807, 2.05) is 12.1 Å². The van der Waals surface area contributed by atoms with Crippen molar-refractivity contribution in [1.82, 2.24) is 10.6 Å². The molecule has 2 aromatic carbocycles. The molecule has 0 radical (unpaired) electrons. The summed E-state index contributed by atoms with van der Waals surface area (Å²) in [4.78, 5) is 23.2. The first kappa shape index (κ1) is 19.9. The van der Waals surface area contributed by atoms with E-state index < -0.39 is 5.97 Å². The summed E-state index contributed by atoms with van der Waals surface area (Å²) in [6.45, 7) is 4.37. The van der Waals surface area contributed by atoms with Crippen LogP contribution >= 0.6 is 0 Å². The second-order valence-electron chi connectivity index (χ2n) is 7.25. The lowest BCUT2D eigenvalue weighted by Crippen LogP contribution is -2.47. The summed E-state index contributed by atoms with van der Waals surface area (Å²) in [5.41, 5.74) is 3.45. The quantitative estimate of drug-likeness (QED) is 0.716. The number of carboxylic acids is 1. The molecular formula is C22H26N2O4. The second kappa shape index (κ2) is 8.89. The normalized spacial score (nSPS) is 15.6. The van der Waals surface area contributed by atoms with Gasteiger partial charge in [-0.25, -0.2) is 9.59 Å². The molecule has 2 aromatic rings. The number of carboxylic acid groups (broad SMARTS) is 1. The van der Waals surface area contributed by atoms with Crippen LogP contribution in [0, 0.1) is 6.92 Å². The Bertz CT molecular complexity index is 827. The highest BCUT2D eigenvalue weighted by atomic mass is 16.5. The summed E-state index contributed by atoms with van der Waals surface area (Å²) in [5.74, 6) is -0.963. The molecule has 148 valence electrons. The fourth-order valence-electron chi connectivity index (χ4n) is 3.73. The summed E-state index contributed by atoms with van der Waals surface area (Å²) in [7, 11) is 0. The van der Waals surface area contributed by atoms with Crippen LogP contribution in [0.2, 0.25) is 0 Å². The van der Waals surface area contributed by atoms with Crippen molar-refractivity contribution in [2.24, 2.45) is 0 Å². The van der Waals surface area contributed by atoms with Crippen molar-refractivity contribution < 1.29 is 19.4 Å². The van der Waals surface area contributed by atoms with Crippen LogP contribution in [0.3, 0.4) is 0 Å². The minimum absolute atomic E-state index is 0.121. The van der Waals surface area contributed by atoms with E-state index in [2.05, 4.69) is 29.7 Å². The van der Waals surface area contributed by atoms with Gasteiger partial charge in [-0.2, -0.15) is 0 Å². The third-order valence-electron chi connectivity index (χ3n) is 5.41. The molecular weight excluding hydrogens is 356 g/mol. The Morgan fingerprint density at radius 2 is 1.71 bits per heavy atom. The molecule has 0 saturated carbocycles. The Labute approximate surface area is 164 Å². The number of carbonyl (C=O) groups is 2. The number of aromatic carboxylic acids is 1. The smallest absolute Gasteiger partial charge is 0.335 e. The highest BCUT2D eigenvalue weighted by Crippen LogP contribution is 2.36. The molecule has 3 N–H and O–H groups in total. The standard InChI is InChI=1S/C22H26N2O4/c1-16-4-2-3-5-19(16)22(10-12-28-13-11-22)15-24-21(27)23-14-17-6-8-18(9-7-17)20(25)26/h2-9H,10-15H2,1H3,(H,25,26)(H2,23,24,27). The molecule has 1 heterocycles. The Morgan fingerprint density at radius 1 is 1.04 bits per heavy atom. The molecule has 0 aliphatic carbocycles. The van der Waals surface area contributed by atoms with Crippen LogP contribution in [-0.4, -0.2) is 36.9 Å². The highest BCUT2D eigenvalue weighted by Gasteiger charge is 2.35. The topological polar surface area (TPSA) is 87.7 Å². The summed E-state index contributed by atoms with van der Waals surface area (Å²) in [6, 6.07) is 14.6. The second-order valence-corrected chi connectivity index (χ2v) is 7.25. The molecule has 0 unspecified atom stereocenters. The number of benzene rings is 2. The molecule has 2 amide bonds. The molecule has 0 spiro atoms. The SMILES string of the molecule is Cc1ccccc1C1(CNC(=O)NCc2ccc(C(=O)O)cc2)CCOCC1. The number of aryl methyl sites for hydroxylation is 1. The van der Waals surface area contributed by atoms with Gasteiger partial charge in [0, 0.05) is 31.7 Å². The fraction of sp³-hybridized carbons (Fsp3) is 0.364. The minimum atomic E-state index is -0.963. The van der Waals surface area contributed by atoms with Gasteiger partial charge in [0.15, 0.2) is 0 Å². The highest BCUT2D eigenvalue weighted by molar-refractivity contribution is 5.87. The van der Waals surface area contributed by atoms with Gasteiger partial charge in [0.25, 0.3) is 0 Å². The zero-order valence-electron chi connectivity index (χ0n) is 16.0. The molecule has 1 saturated heterocycles. The van der Waals surface area contributed by atoms with Crippen LogP contribution in [0.25, 0.3) is 0 Å². The molecule has 6 heteroatoms. The zero-order valence-corrected chi connectivity index (χ0v) is 16.0. The molecule has 6 nitrogen and oxygen atoms in total. The monoisotopic (exact) mass is 382 g/mol. The summed E-state index contributed by atoms with van der Waals surface area (Å²) >= 11 is 0. The van der Waals surface area contributed by atoms with Crippen molar-refractivity contribution in [2.75, 3.05) is 19.8 Å². The number of nitrogens with one attached hydrogen (secondary N) is 2. The molecule has 1 aliphatic rings. The maximum absolute atomic E-state index is 12.3. The van der Waals surface area contributed by atoms with Crippen molar-refractivity contribution in [3.63, 3.8) is 0 Å². The van der Waals surface area contributed by atoms with E-state index in [0.717, 1.165) is 18.4 Å². The number of rotatable bonds is 6. The molecule has 0 aromatic heterocycles. The van der Waals surface area contributed by atoms with E-state index in [1.165, 1.54) is 23.3 Å². The Hall–Kier alpha value is -2.86. The molecule has 28 heavy (non-hydrogen) atoms. The number of hydrogen-bond donors (Lipinski definition) is 3. The largest absolute Gasteiger partial charge is 0.478 e. The lowest BCUT2D eigenvalue weighted by Gasteiger charge is -2.39. The van der Waals surface area contributed by atoms with Crippen LogP contribution in [0.1, 0.15) is 39.9 Å². The van der Waals surface area contributed by atoms with Gasteiger partial charge in [0.05, 0.1) is 5.56 Å². The molecule has 3 rings (SSSR count). The average Bonchev–Trinajstić information content (AvgIpc) is 2.72. The first-order chi connectivity index (χ1) is 13.5. The lowest BCUT2D eigenvalue weighted by atomic mass is 9.72. The van der Waals surface area contributed by atoms with E-state index in [0.29, 0.717) is 26.3 Å². The summed E-state index contributed by atoms with van der Waals surface area (Å²) in [5, 5.41) is 14.8. The van der Waals surface area contributed by atoms with Gasteiger partial charge >= 0.3 is 12.0 Å². The van der Waals surface area contributed by atoms with Crippen molar-refractivity contribution >= 4 is 12.0 Å². The van der Waals surface area contributed by atoms with E-state index in [-0.39, 0.29) is 17.0 Å². The van der Waals surface area contributed by atoms with E-state index >= 15 is 0 Å². The minimum Gasteiger partial charge on any atom is -0.478 e. The maximum Gasteiger partial charge on any atom is 0.335 e. The van der Waals surface area contributed by atoms with Gasteiger partial charge in [-0.1, -0.05) is 36.4 Å². The first-order valence-corrected chi connectivity index (χ1v) is 9.48. The van der Waals surface area contributed by atoms with Gasteiger partial charge in [-0.3, -0.25) is 0 Å². The molecule has 0 atom stereocenters. The third kappa shape index (κ3) is 4.70. The van der Waals surface area contributed by atoms with Crippen LogP contribution in [0.4, 0.5) is 4.79 Å². The molecule has 1 fully saturated rings. The summed E-state index contributed by atoms with van der Waals surface area (Å²) in [6.07, 6.45) is 1.74. The molecule has 1 aliphatic heterocycles. The van der Waals surface area contributed by atoms with E-state index in [4.69, 9.17) is 9.84 Å². The predicted molar refractivity (Wildman–Crippen MR) is 107 cm³/mol. The predicted octanol–water partition coefficient (Wildman–Crippen LogP) is 3.24. The number of urea groups is 1. The average molecular weight is 382 g/mol. The number of carbonyl (C=O) groups excluding carboxylic acids is 1. The maximum atomic E-state index is 12.3. The van der Waals surface area contributed by atoms with Crippen molar-refractivity contribution in [3.05, 3.63) is 70.8 Å². The van der Waals surface area contributed by atoms with Crippen molar-refractivity contribution in [1.29, 1.82) is 0 Å². The summed E-state index contributed by atoms with van der Waals surface area (Å²) < 4.78 is 5.55. The van der Waals surface area contributed by atoms with E-state index in [1.54, 1.807) is 12.1 Å². The first-order valence-electron chi connectivity index (χ1n) is 9.48. The van der Waals surface area contributed by atoms with Crippen LogP contribution in [-0.2, 0) is 16.7 Å². The number of hydrogen-bond acceptors (Lipinski definition) is 3. The van der Waals surface area contributed by atoms with Gasteiger partial charge in [-0.05, 0) is 48.6 Å². The zero-order chi connectivity index (χ0) is 20.0. The van der Waals surface area contributed by atoms with Gasteiger partial charge < -0.3 is 20.5 Å². The van der Waals surface area contributed by atoms with Gasteiger partial charge in [0.2, 0.25) is 0 Å². The fourth-order valence-corrected chi connectivity index (χ4v) is 3.73. The number of ether oxygens (including phenoxy) is 1. The number of amides is 2. The van der Waals surface area contributed by atoms with Gasteiger partial charge in [-0.15, -0.1) is 0 Å². The van der Waals surface area contributed by atoms with Crippen LogP contribution in [0.5, 0.6) is 0 Å². The van der Waals surface area contributed by atoms with Gasteiger partial charge in [0.1, 0.15) is 0 Å². The Morgan fingerprint density at radius 3 is 2.36 bits per heavy atom. The van der Waals surface area contributed by atoms with Crippen molar-refractivity contribution in [3.8, 4) is 0 Å².